The molecule has 1 amide bonds. The molecule has 0 aliphatic carbocycles. The van der Waals surface area contributed by atoms with E-state index in [1.807, 2.05) is 26.0 Å². The molecule has 0 aromatic heterocycles. The van der Waals surface area contributed by atoms with E-state index in [1.165, 1.54) is 0 Å². The number of nitrogens with one attached hydrogen (secondary N) is 1. The summed E-state index contributed by atoms with van der Waals surface area (Å²) in [5.41, 5.74) is 4.94. The lowest BCUT2D eigenvalue weighted by atomic mass is 9.92. The van der Waals surface area contributed by atoms with Gasteiger partial charge in [-0.1, -0.05) is 0 Å². The summed E-state index contributed by atoms with van der Waals surface area (Å²) in [5.74, 6) is 1.01. The maximum Gasteiger partial charge on any atom is 0.291 e. The number of hydrazone groups is 1. The van der Waals surface area contributed by atoms with Crippen molar-refractivity contribution in [2.45, 2.75) is 25.8 Å². The van der Waals surface area contributed by atoms with Crippen molar-refractivity contribution in [2.24, 2.45) is 10.1 Å². The smallest absolute Gasteiger partial charge is 0.291 e. The zero-order chi connectivity index (χ0) is 15.2. The first-order chi connectivity index (χ1) is 9.95. The number of carbonyl (C=O) groups is 1. The number of amides is 1. The van der Waals surface area contributed by atoms with Gasteiger partial charge in [-0.05, 0) is 38.0 Å². The molecule has 0 bridgehead atoms. The van der Waals surface area contributed by atoms with Crippen LogP contribution in [0, 0.1) is 0 Å². The Kier molecular flexibility index (Phi) is 2.97. The average molecular weight is 287 g/mol. The first kappa shape index (κ1) is 13.6. The molecule has 2 heterocycles. The normalized spacial score (nSPS) is 18.8. The molecule has 3 rings (SSSR count). The molecule has 0 atom stereocenters. The quantitative estimate of drug-likeness (QED) is 0.891. The first-order valence-electron chi connectivity index (χ1n) is 6.69. The number of hydrogen-bond acceptors (Lipinski definition) is 5. The Bertz CT molecular complexity index is 690. The second-order valence-corrected chi connectivity index (χ2v) is 5.72. The predicted molar refractivity (Wildman–Crippen MR) is 79.4 cm³/mol. The van der Waals surface area contributed by atoms with Gasteiger partial charge in [0.1, 0.15) is 5.71 Å². The van der Waals surface area contributed by atoms with Gasteiger partial charge < -0.3 is 9.47 Å². The van der Waals surface area contributed by atoms with Crippen molar-refractivity contribution in [3.63, 3.8) is 0 Å². The van der Waals surface area contributed by atoms with Gasteiger partial charge in [0.15, 0.2) is 17.2 Å². The van der Waals surface area contributed by atoms with Crippen molar-refractivity contribution < 1.29 is 14.3 Å². The molecule has 6 nitrogen and oxygen atoms in total. The second kappa shape index (κ2) is 4.58. The standard InChI is InChI=1S/C15H17N3O3/c1-15(2)7-8-5-10(20-3)11(21-4)6-9(8)12-13(16-15)14(19)18-17-12/h5-6H,7H2,1-4H3,(H,18,19). The summed E-state index contributed by atoms with van der Waals surface area (Å²) in [7, 11) is 3.19. The van der Waals surface area contributed by atoms with Crippen LogP contribution in [-0.2, 0) is 11.2 Å². The lowest BCUT2D eigenvalue weighted by Crippen LogP contribution is -2.27. The number of benzene rings is 1. The fourth-order valence-corrected chi connectivity index (χ4v) is 2.71. The zero-order valence-corrected chi connectivity index (χ0v) is 12.5. The van der Waals surface area contributed by atoms with Crippen molar-refractivity contribution in [1.29, 1.82) is 0 Å². The molecule has 2 aliphatic rings. The number of fused-ring (bicyclic) bond motifs is 3. The van der Waals surface area contributed by atoms with Gasteiger partial charge in [0.25, 0.3) is 5.91 Å². The van der Waals surface area contributed by atoms with Crippen LogP contribution in [0.15, 0.2) is 22.2 Å². The van der Waals surface area contributed by atoms with Crippen molar-refractivity contribution >= 4 is 17.3 Å². The Labute approximate surface area is 122 Å². The molecule has 2 aliphatic heterocycles. The van der Waals surface area contributed by atoms with E-state index in [9.17, 15) is 4.79 Å². The molecule has 110 valence electrons. The van der Waals surface area contributed by atoms with Crippen LogP contribution in [0.3, 0.4) is 0 Å². The van der Waals surface area contributed by atoms with Gasteiger partial charge in [0.05, 0.1) is 19.8 Å². The van der Waals surface area contributed by atoms with Crippen LogP contribution < -0.4 is 14.9 Å². The molecular weight excluding hydrogens is 270 g/mol. The molecule has 1 aromatic carbocycles. The van der Waals surface area contributed by atoms with E-state index in [1.54, 1.807) is 14.2 Å². The number of nitrogens with zero attached hydrogens (tertiary/aromatic N) is 2. The number of hydrogen-bond donors (Lipinski definition) is 1. The minimum absolute atomic E-state index is 0.263. The summed E-state index contributed by atoms with van der Waals surface area (Å²) >= 11 is 0. The van der Waals surface area contributed by atoms with Crippen LogP contribution in [0.4, 0.5) is 0 Å². The fourth-order valence-electron chi connectivity index (χ4n) is 2.71. The molecule has 6 heteroatoms. The molecule has 0 saturated carbocycles. The highest BCUT2D eigenvalue weighted by Gasteiger charge is 2.35. The monoisotopic (exact) mass is 287 g/mol. The highest BCUT2D eigenvalue weighted by Crippen LogP contribution is 2.35. The largest absolute Gasteiger partial charge is 0.493 e. The third kappa shape index (κ3) is 2.16. The molecule has 21 heavy (non-hydrogen) atoms. The lowest BCUT2D eigenvalue weighted by molar-refractivity contribution is -0.114. The molecule has 0 saturated heterocycles. The van der Waals surface area contributed by atoms with Gasteiger partial charge in [0, 0.05) is 5.56 Å². The number of ether oxygens (including phenoxy) is 2. The number of aliphatic imine (C=N–C) groups is 1. The van der Waals surface area contributed by atoms with Crippen molar-refractivity contribution in [2.75, 3.05) is 14.2 Å². The van der Waals surface area contributed by atoms with E-state index in [0.717, 1.165) is 11.1 Å². The molecule has 0 radical (unpaired) electrons. The van der Waals surface area contributed by atoms with Crippen LogP contribution in [-0.4, -0.2) is 37.1 Å². The van der Waals surface area contributed by atoms with Crippen LogP contribution >= 0.6 is 0 Å². The Hall–Kier alpha value is -2.37. The van der Waals surface area contributed by atoms with Gasteiger partial charge in [-0.3, -0.25) is 9.79 Å². The number of carbonyl (C=O) groups excluding carboxylic acids is 1. The van der Waals surface area contributed by atoms with Gasteiger partial charge in [-0.2, -0.15) is 5.10 Å². The molecule has 0 spiro atoms. The topological polar surface area (TPSA) is 72.3 Å². The van der Waals surface area contributed by atoms with Gasteiger partial charge in [-0.25, -0.2) is 5.43 Å². The predicted octanol–water partition coefficient (Wildman–Crippen LogP) is 1.31. The SMILES string of the molecule is COc1cc2c(cc1OC)C1=NNC(=O)C1=NC(C)(C)C2. The highest BCUT2D eigenvalue weighted by atomic mass is 16.5. The molecule has 0 unspecified atom stereocenters. The first-order valence-corrected chi connectivity index (χ1v) is 6.69. The van der Waals surface area contributed by atoms with Crippen molar-refractivity contribution in [1.82, 2.24) is 5.43 Å². The van der Waals surface area contributed by atoms with Crippen LogP contribution in [0.1, 0.15) is 25.0 Å². The van der Waals surface area contributed by atoms with Crippen LogP contribution in [0.25, 0.3) is 0 Å². The second-order valence-electron chi connectivity index (χ2n) is 5.72. The maximum atomic E-state index is 11.9. The van der Waals surface area contributed by atoms with Crippen molar-refractivity contribution in [3.8, 4) is 11.5 Å². The zero-order valence-electron chi connectivity index (χ0n) is 12.5. The summed E-state index contributed by atoms with van der Waals surface area (Å²) in [6.07, 6.45) is 0.693. The Balaban J connectivity index is 2.25. The highest BCUT2D eigenvalue weighted by molar-refractivity contribution is 6.72. The van der Waals surface area contributed by atoms with Crippen LogP contribution in [0.5, 0.6) is 11.5 Å². The molecule has 0 fully saturated rings. The summed E-state index contributed by atoms with van der Waals surface area (Å²) in [6, 6.07) is 3.78. The van der Waals surface area contributed by atoms with Gasteiger partial charge in [-0.15, -0.1) is 0 Å². The van der Waals surface area contributed by atoms with Crippen molar-refractivity contribution in [3.05, 3.63) is 23.3 Å². The number of rotatable bonds is 2. The average Bonchev–Trinajstić information content (AvgIpc) is 2.73. The fraction of sp³-hybridized carbons (Fsp3) is 0.400. The van der Waals surface area contributed by atoms with E-state index < -0.39 is 0 Å². The minimum atomic E-state index is -0.386. The summed E-state index contributed by atoms with van der Waals surface area (Å²) in [5, 5.41) is 4.13. The number of methoxy groups -OCH3 is 2. The Morgan fingerprint density at radius 3 is 2.48 bits per heavy atom. The van der Waals surface area contributed by atoms with E-state index in [0.29, 0.717) is 29.3 Å². The molecule has 1 aromatic rings. The van der Waals surface area contributed by atoms with Gasteiger partial charge >= 0.3 is 0 Å². The third-order valence-electron chi connectivity index (χ3n) is 3.61. The van der Waals surface area contributed by atoms with E-state index in [-0.39, 0.29) is 11.4 Å². The lowest BCUT2D eigenvalue weighted by Gasteiger charge is -2.19. The van der Waals surface area contributed by atoms with E-state index in [2.05, 4.69) is 15.5 Å². The van der Waals surface area contributed by atoms with E-state index in [4.69, 9.17) is 9.47 Å². The summed E-state index contributed by atoms with van der Waals surface area (Å²) in [6.45, 7) is 3.99. The van der Waals surface area contributed by atoms with Crippen LogP contribution in [0.2, 0.25) is 0 Å². The summed E-state index contributed by atoms with van der Waals surface area (Å²) in [4.78, 5) is 16.5. The summed E-state index contributed by atoms with van der Waals surface area (Å²) < 4.78 is 10.7. The molecule has 1 N–H and O–H groups in total. The maximum absolute atomic E-state index is 11.9. The third-order valence-corrected chi connectivity index (χ3v) is 3.61. The Morgan fingerprint density at radius 2 is 1.81 bits per heavy atom. The van der Waals surface area contributed by atoms with Gasteiger partial charge in [0.2, 0.25) is 0 Å². The van der Waals surface area contributed by atoms with E-state index >= 15 is 0 Å². The minimum Gasteiger partial charge on any atom is -0.493 e. The molecular formula is C15H17N3O3. The Morgan fingerprint density at radius 1 is 1.14 bits per heavy atom.